The number of rotatable bonds is 6. The molecular formula is C20H20Cl2N2O4S. The molecule has 1 saturated carbocycles. The first kappa shape index (κ1) is 21.8. The number of anilines is 1. The summed E-state index contributed by atoms with van der Waals surface area (Å²) in [6.45, 7) is 1.45. The fourth-order valence-electron chi connectivity index (χ4n) is 3.22. The summed E-state index contributed by atoms with van der Waals surface area (Å²) < 4.78 is 28.2. The molecule has 2 N–H and O–H groups in total. The number of benzene rings is 2. The molecule has 154 valence electrons. The molecule has 3 rings (SSSR count). The predicted molar refractivity (Wildman–Crippen MR) is 113 cm³/mol. The summed E-state index contributed by atoms with van der Waals surface area (Å²) in [4.78, 5) is 23.8. The number of Topliss-reactive ketones (excluding diaryl/α,β-unsaturated/α-hetero) is 1. The van der Waals surface area contributed by atoms with Crippen LogP contribution < -0.4 is 10.0 Å². The van der Waals surface area contributed by atoms with Crippen molar-refractivity contribution in [3.63, 3.8) is 0 Å². The summed E-state index contributed by atoms with van der Waals surface area (Å²) in [6.07, 6.45) is 3.48. The number of halogens is 2. The maximum absolute atomic E-state index is 12.8. The third-order valence-electron chi connectivity index (χ3n) is 4.78. The Morgan fingerprint density at radius 1 is 1.00 bits per heavy atom. The molecule has 1 aliphatic rings. The van der Waals surface area contributed by atoms with Gasteiger partial charge in [0, 0.05) is 17.3 Å². The van der Waals surface area contributed by atoms with E-state index in [9.17, 15) is 18.0 Å². The van der Waals surface area contributed by atoms with Gasteiger partial charge in [-0.3, -0.25) is 9.59 Å². The summed E-state index contributed by atoms with van der Waals surface area (Å²) in [7, 11) is -3.89. The van der Waals surface area contributed by atoms with Crippen LogP contribution in [0, 0.1) is 0 Å². The molecule has 1 aliphatic carbocycles. The maximum Gasteiger partial charge on any atom is 0.257 e. The highest BCUT2D eigenvalue weighted by Crippen LogP contribution is 2.30. The molecule has 0 radical (unpaired) electrons. The normalized spacial score (nSPS) is 14.7. The van der Waals surface area contributed by atoms with Crippen LogP contribution in [0.2, 0.25) is 10.0 Å². The van der Waals surface area contributed by atoms with Crippen LogP contribution in [0.1, 0.15) is 53.3 Å². The first-order valence-electron chi connectivity index (χ1n) is 9.11. The molecule has 0 atom stereocenters. The van der Waals surface area contributed by atoms with E-state index in [0.29, 0.717) is 11.3 Å². The van der Waals surface area contributed by atoms with Gasteiger partial charge in [0.15, 0.2) is 5.78 Å². The average molecular weight is 455 g/mol. The highest BCUT2D eigenvalue weighted by atomic mass is 35.5. The second kappa shape index (κ2) is 8.83. The van der Waals surface area contributed by atoms with Gasteiger partial charge < -0.3 is 5.32 Å². The van der Waals surface area contributed by atoms with Gasteiger partial charge in [-0.05, 0) is 56.2 Å². The number of hydrogen-bond donors (Lipinski definition) is 2. The van der Waals surface area contributed by atoms with Crippen molar-refractivity contribution in [3.8, 4) is 0 Å². The van der Waals surface area contributed by atoms with Gasteiger partial charge in [-0.2, -0.15) is 0 Å². The lowest BCUT2D eigenvalue weighted by Gasteiger charge is -2.15. The van der Waals surface area contributed by atoms with Crippen LogP contribution in [0.15, 0.2) is 41.3 Å². The van der Waals surface area contributed by atoms with Crippen LogP contribution >= 0.6 is 23.2 Å². The summed E-state index contributed by atoms with van der Waals surface area (Å²) in [5, 5.41) is 2.63. The Labute approximate surface area is 179 Å². The van der Waals surface area contributed by atoms with Gasteiger partial charge in [0.05, 0.1) is 15.6 Å². The molecule has 1 amide bonds. The van der Waals surface area contributed by atoms with Crippen molar-refractivity contribution in [3.05, 3.63) is 57.6 Å². The zero-order valence-electron chi connectivity index (χ0n) is 15.7. The van der Waals surface area contributed by atoms with Crippen molar-refractivity contribution in [2.24, 2.45) is 0 Å². The van der Waals surface area contributed by atoms with E-state index in [4.69, 9.17) is 23.2 Å². The summed E-state index contributed by atoms with van der Waals surface area (Å²) in [6, 6.07) is 8.63. The lowest BCUT2D eigenvalue weighted by molar-refractivity contribution is 0.101. The van der Waals surface area contributed by atoms with E-state index in [1.54, 1.807) is 24.3 Å². The summed E-state index contributed by atoms with van der Waals surface area (Å²) in [5.74, 6) is -0.673. The molecule has 9 heteroatoms. The van der Waals surface area contributed by atoms with Crippen LogP contribution in [-0.4, -0.2) is 26.2 Å². The number of amides is 1. The summed E-state index contributed by atoms with van der Waals surface area (Å²) in [5.41, 5.74) is 0.942. The third kappa shape index (κ3) is 5.17. The smallest absolute Gasteiger partial charge is 0.257 e. The zero-order chi connectivity index (χ0) is 21.2. The number of carbonyl (C=O) groups excluding carboxylic acids is 2. The summed E-state index contributed by atoms with van der Waals surface area (Å²) >= 11 is 12.3. The van der Waals surface area contributed by atoms with Crippen molar-refractivity contribution >= 4 is 50.6 Å². The lowest BCUT2D eigenvalue weighted by Crippen LogP contribution is -2.33. The Balaban J connectivity index is 1.86. The van der Waals surface area contributed by atoms with Crippen LogP contribution in [0.3, 0.4) is 0 Å². The van der Waals surface area contributed by atoms with E-state index in [1.807, 2.05) is 0 Å². The van der Waals surface area contributed by atoms with Gasteiger partial charge in [-0.1, -0.05) is 36.0 Å². The highest BCUT2D eigenvalue weighted by molar-refractivity contribution is 7.89. The highest BCUT2D eigenvalue weighted by Gasteiger charge is 2.27. The quantitative estimate of drug-likeness (QED) is 0.620. The molecule has 2 aromatic carbocycles. The van der Waals surface area contributed by atoms with Gasteiger partial charge in [0.25, 0.3) is 5.91 Å². The molecule has 0 unspecified atom stereocenters. The fraction of sp³-hybridized carbons (Fsp3) is 0.300. The molecule has 0 saturated heterocycles. The molecular weight excluding hydrogens is 435 g/mol. The van der Waals surface area contributed by atoms with Crippen molar-refractivity contribution in [2.75, 3.05) is 5.32 Å². The fourth-order valence-corrected chi connectivity index (χ4v) is 5.39. The van der Waals surface area contributed by atoms with E-state index in [0.717, 1.165) is 25.7 Å². The molecule has 6 nitrogen and oxygen atoms in total. The van der Waals surface area contributed by atoms with Crippen molar-refractivity contribution in [1.29, 1.82) is 0 Å². The third-order valence-corrected chi connectivity index (χ3v) is 7.08. The van der Waals surface area contributed by atoms with Crippen molar-refractivity contribution < 1.29 is 18.0 Å². The Kier molecular flexibility index (Phi) is 6.63. The van der Waals surface area contributed by atoms with Gasteiger partial charge in [0.2, 0.25) is 10.0 Å². The van der Waals surface area contributed by atoms with Gasteiger partial charge >= 0.3 is 0 Å². The first-order chi connectivity index (χ1) is 13.7. The number of ketones is 1. The first-order valence-corrected chi connectivity index (χ1v) is 11.3. The van der Waals surface area contributed by atoms with Crippen LogP contribution in [0.25, 0.3) is 0 Å². The SMILES string of the molecule is CC(=O)c1ccc(NC(=O)c2cc(S(=O)(=O)NC3CCCC3)c(Cl)cc2Cl)cc1. The van der Waals surface area contributed by atoms with Crippen molar-refractivity contribution in [1.82, 2.24) is 4.72 Å². The molecule has 29 heavy (non-hydrogen) atoms. The molecule has 2 aromatic rings. The van der Waals surface area contributed by atoms with E-state index in [1.165, 1.54) is 19.1 Å². The topological polar surface area (TPSA) is 92.3 Å². The number of hydrogen-bond acceptors (Lipinski definition) is 4. The largest absolute Gasteiger partial charge is 0.322 e. The van der Waals surface area contributed by atoms with E-state index < -0.39 is 15.9 Å². The molecule has 0 aromatic heterocycles. The van der Waals surface area contributed by atoms with E-state index in [-0.39, 0.29) is 32.3 Å². The minimum absolute atomic E-state index is 0.0153. The molecule has 1 fully saturated rings. The minimum Gasteiger partial charge on any atom is -0.322 e. The Bertz CT molecular complexity index is 1050. The second-order valence-electron chi connectivity index (χ2n) is 6.95. The van der Waals surface area contributed by atoms with E-state index in [2.05, 4.69) is 10.0 Å². The molecule has 0 heterocycles. The molecule has 0 aliphatic heterocycles. The second-order valence-corrected chi connectivity index (χ2v) is 9.45. The minimum atomic E-state index is -3.89. The van der Waals surface area contributed by atoms with Crippen molar-refractivity contribution in [2.45, 2.75) is 43.5 Å². The predicted octanol–water partition coefficient (Wildman–Crippen LogP) is 4.67. The monoisotopic (exact) mass is 454 g/mol. The molecule has 0 spiro atoms. The van der Waals surface area contributed by atoms with E-state index >= 15 is 0 Å². The number of nitrogens with one attached hydrogen (secondary N) is 2. The maximum atomic E-state index is 12.8. The Hall–Kier alpha value is -1.93. The molecule has 0 bridgehead atoms. The number of carbonyl (C=O) groups is 2. The standard InChI is InChI=1S/C20H20Cl2N2O4S/c1-12(25)13-6-8-14(9-7-13)23-20(26)16-10-19(18(22)11-17(16)21)29(27,28)24-15-4-2-3-5-15/h6-11,15,24H,2-5H2,1H3,(H,23,26). The average Bonchev–Trinajstić information content (AvgIpc) is 3.14. The zero-order valence-corrected chi connectivity index (χ0v) is 18.0. The lowest BCUT2D eigenvalue weighted by atomic mass is 10.1. The van der Waals surface area contributed by atoms with Crippen LogP contribution in [-0.2, 0) is 10.0 Å². The Morgan fingerprint density at radius 3 is 2.21 bits per heavy atom. The van der Waals surface area contributed by atoms with Gasteiger partial charge in [0.1, 0.15) is 4.90 Å². The number of sulfonamides is 1. The van der Waals surface area contributed by atoms with Crippen LogP contribution in [0.5, 0.6) is 0 Å². The van der Waals surface area contributed by atoms with Gasteiger partial charge in [-0.25, -0.2) is 13.1 Å². The van der Waals surface area contributed by atoms with Crippen LogP contribution in [0.4, 0.5) is 5.69 Å². The Morgan fingerprint density at radius 2 is 1.62 bits per heavy atom. The van der Waals surface area contributed by atoms with Gasteiger partial charge in [-0.15, -0.1) is 0 Å².